The number of carbonyl (C=O) groups is 4. The number of phenols is 1. The maximum Gasteiger partial charge on any atom is 0.332 e. The third-order valence-corrected chi connectivity index (χ3v) is 4.53. The Hall–Kier alpha value is -3.53. The van der Waals surface area contributed by atoms with Crippen molar-refractivity contribution >= 4 is 41.0 Å². The van der Waals surface area contributed by atoms with Gasteiger partial charge in [0.15, 0.2) is 11.7 Å². The first kappa shape index (κ1) is 20.2. The summed E-state index contributed by atoms with van der Waals surface area (Å²) in [6, 6.07) is 4.00. The molecule has 3 rings (SSSR count). The van der Waals surface area contributed by atoms with Crippen LogP contribution in [0.5, 0.6) is 5.75 Å². The first-order chi connectivity index (χ1) is 13.6. The number of carbonyl (C=O) groups excluding carboxylic acids is 4. The standard InChI is InChI=1S/C18H14ClFN4O5/c1-23-16(27)13(17(28)24(2)18(23)29)15(26)22-11-4-3-8(5-12(11)25)14-10(20)6-9(19)7-21-14/h3-7,13,25H,1-2H3,(H,22,26). The van der Waals surface area contributed by atoms with Crippen LogP contribution in [0.15, 0.2) is 30.5 Å². The minimum Gasteiger partial charge on any atom is -0.506 e. The molecule has 0 saturated carbocycles. The Morgan fingerprint density at radius 1 is 1.17 bits per heavy atom. The number of nitrogens with zero attached hydrogens (tertiary/aromatic N) is 3. The average molecular weight is 421 g/mol. The minimum absolute atomic E-state index is 0.0676. The highest BCUT2D eigenvalue weighted by molar-refractivity contribution is 6.30. The van der Waals surface area contributed by atoms with Gasteiger partial charge in [-0.1, -0.05) is 17.7 Å². The van der Waals surface area contributed by atoms with Crippen LogP contribution in [0.1, 0.15) is 0 Å². The second-order valence-electron chi connectivity index (χ2n) is 6.22. The predicted molar refractivity (Wildman–Crippen MR) is 99.4 cm³/mol. The summed E-state index contributed by atoms with van der Waals surface area (Å²) in [6.45, 7) is 0. The maximum atomic E-state index is 14.0. The van der Waals surface area contributed by atoms with Crippen LogP contribution in [-0.4, -0.2) is 57.7 Å². The van der Waals surface area contributed by atoms with Crippen LogP contribution in [0.3, 0.4) is 0 Å². The lowest BCUT2D eigenvalue weighted by molar-refractivity contribution is -0.151. The Balaban J connectivity index is 1.85. The zero-order valence-corrected chi connectivity index (χ0v) is 15.9. The van der Waals surface area contributed by atoms with Crippen LogP contribution < -0.4 is 5.32 Å². The first-order valence-electron chi connectivity index (χ1n) is 8.16. The highest BCUT2D eigenvalue weighted by atomic mass is 35.5. The number of aromatic hydroxyl groups is 1. The van der Waals surface area contributed by atoms with Crippen LogP contribution in [-0.2, 0) is 14.4 Å². The molecule has 0 bridgehead atoms. The van der Waals surface area contributed by atoms with Gasteiger partial charge in [-0.25, -0.2) is 9.18 Å². The van der Waals surface area contributed by atoms with Gasteiger partial charge >= 0.3 is 6.03 Å². The van der Waals surface area contributed by atoms with Gasteiger partial charge in [-0.2, -0.15) is 0 Å². The average Bonchev–Trinajstić information content (AvgIpc) is 2.66. The largest absolute Gasteiger partial charge is 0.506 e. The molecule has 0 atom stereocenters. The topological polar surface area (TPSA) is 120 Å². The van der Waals surface area contributed by atoms with E-state index in [0.29, 0.717) is 9.80 Å². The fourth-order valence-corrected chi connectivity index (χ4v) is 2.89. The van der Waals surface area contributed by atoms with Crippen LogP contribution >= 0.6 is 11.6 Å². The Morgan fingerprint density at radius 2 is 1.79 bits per heavy atom. The molecule has 5 amide bonds. The summed E-state index contributed by atoms with van der Waals surface area (Å²) in [5.41, 5.74) is 0.0300. The number of hydrogen-bond donors (Lipinski definition) is 2. The number of nitrogens with one attached hydrogen (secondary N) is 1. The van der Waals surface area contributed by atoms with Gasteiger partial charge in [0.25, 0.3) is 11.8 Å². The number of pyridine rings is 1. The van der Waals surface area contributed by atoms with E-state index in [-0.39, 0.29) is 22.0 Å². The van der Waals surface area contributed by atoms with Gasteiger partial charge in [-0.05, 0) is 18.2 Å². The van der Waals surface area contributed by atoms with Crippen LogP contribution in [0.4, 0.5) is 14.9 Å². The molecule has 9 nitrogen and oxygen atoms in total. The molecule has 11 heteroatoms. The summed E-state index contributed by atoms with van der Waals surface area (Å²) < 4.78 is 14.0. The third-order valence-electron chi connectivity index (χ3n) is 4.33. The van der Waals surface area contributed by atoms with Crippen molar-refractivity contribution in [1.29, 1.82) is 0 Å². The summed E-state index contributed by atoms with van der Waals surface area (Å²) in [5, 5.41) is 12.6. The van der Waals surface area contributed by atoms with Crippen molar-refractivity contribution in [1.82, 2.24) is 14.8 Å². The molecule has 0 unspecified atom stereocenters. The third kappa shape index (κ3) is 3.61. The fourth-order valence-electron chi connectivity index (χ4n) is 2.75. The van der Waals surface area contributed by atoms with Gasteiger partial charge in [0.05, 0.1) is 10.7 Å². The van der Waals surface area contributed by atoms with E-state index >= 15 is 0 Å². The number of barbiturate groups is 1. The van der Waals surface area contributed by atoms with Gasteiger partial charge in [0, 0.05) is 25.9 Å². The van der Waals surface area contributed by atoms with E-state index in [2.05, 4.69) is 10.3 Å². The first-order valence-corrected chi connectivity index (χ1v) is 8.54. The molecule has 2 heterocycles. The van der Waals surface area contributed by atoms with E-state index in [9.17, 15) is 28.7 Å². The van der Waals surface area contributed by atoms with Gasteiger partial charge in [-0.3, -0.25) is 29.2 Å². The number of phenolic OH excluding ortho intramolecular Hbond substituents is 1. The molecule has 150 valence electrons. The smallest absolute Gasteiger partial charge is 0.332 e. The predicted octanol–water partition coefficient (Wildman–Crippen LogP) is 1.85. The summed E-state index contributed by atoms with van der Waals surface area (Å²) >= 11 is 5.66. The molecule has 0 aliphatic carbocycles. The van der Waals surface area contributed by atoms with Gasteiger partial charge in [-0.15, -0.1) is 0 Å². The normalized spacial score (nSPS) is 15.1. The van der Waals surface area contributed by atoms with Crippen molar-refractivity contribution in [3.05, 3.63) is 41.3 Å². The van der Waals surface area contributed by atoms with Crippen molar-refractivity contribution in [2.75, 3.05) is 19.4 Å². The van der Waals surface area contributed by atoms with E-state index in [1.807, 2.05) is 0 Å². The lowest BCUT2D eigenvalue weighted by Crippen LogP contribution is -2.59. The molecule has 1 aliphatic rings. The van der Waals surface area contributed by atoms with Crippen LogP contribution in [0.25, 0.3) is 11.3 Å². The quantitative estimate of drug-likeness (QED) is 0.577. The number of anilines is 1. The summed E-state index contributed by atoms with van der Waals surface area (Å²) in [6.07, 6.45) is 1.24. The number of amides is 5. The molecular weight excluding hydrogens is 407 g/mol. The minimum atomic E-state index is -1.78. The van der Waals surface area contributed by atoms with Crippen molar-refractivity contribution in [3.63, 3.8) is 0 Å². The number of aromatic nitrogens is 1. The van der Waals surface area contributed by atoms with Crippen molar-refractivity contribution in [3.8, 4) is 17.0 Å². The Labute approximate surface area is 168 Å². The van der Waals surface area contributed by atoms with Crippen LogP contribution in [0.2, 0.25) is 5.02 Å². The molecule has 2 aromatic rings. The summed E-state index contributed by atoms with van der Waals surface area (Å²) in [4.78, 5) is 53.8. The molecular formula is C18H14ClFN4O5. The monoisotopic (exact) mass is 420 g/mol. The highest BCUT2D eigenvalue weighted by Gasteiger charge is 2.46. The molecule has 1 aromatic carbocycles. The fraction of sp³-hybridized carbons (Fsp3) is 0.167. The number of halogens is 2. The summed E-state index contributed by atoms with van der Waals surface area (Å²) in [7, 11) is 2.29. The molecule has 1 fully saturated rings. The number of imide groups is 2. The maximum absolute atomic E-state index is 14.0. The van der Waals surface area contributed by atoms with E-state index in [1.54, 1.807) is 0 Å². The molecule has 1 aliphatic heterocycles. The van der Waals surface area contributed by atoms with Gasteiger partial charge in [0.2, 0.25) is 5.91 Å². The molecule has 29 heavy (non-hydrogen) atoms. The van der Waals surface area contributed by atoms with E-state index in [1.165, 1.54) is 18.3 Å². The Bertz CT molecular complexity index is 1040. The van der Waals surface area contributed by atoms with E-state index in [0.717, 1.165) is 26.2 Å². The molecule has 1 saturated heterocycles. The zero-order valence-electron chi connectivity index (χ0n) is 15.1. The van der Waals surface area contributed by atoms with E-state index < -0.39 is 41.2 Å². The second kappa shape index (κ2) is 7.47. The van der Waals surface area contributed by atoms with Crippen molar-refractivity contribution in [2.24, 2.45) is 5.92 Å². The molecule has 0 spiro atoms. The zero-order chi connectivity index (χ0) is 21.5. The molecule has 0 radical (unpaired) electrons. The number of rotatable bonds is 3. The molecule has 2 N–H and O–H groups in total. The van der Waals surface area contributed by atoms with Crippen molar-refractivity contribution < 1.29 is 28.7 Å². The summed E-state index contributed by atoms with van der Waals surface area (Å²) in [5.74, 6) is -5.93. The van der Waals surface area contributed by atoms with Gasteiger partial charge < -0.3 is 10.4 Å². The van der Waals surface area contributed by atoms with Crippen molar-refractivity contribution in [2.45, 2.75) is 0 Å². The lowest BCUT2D eigenvalue weighted by Gasteiger charge is -2.32. The highest BCUT2D eigenvalue weighted by Crippen LogP contribution is 2.31. The van der Waals surface area contributed by atoms with Crippen LogP contribution in [0, 0.1) is 11.7 Å². The van der Waals surface area contributed by atoms with Gasteiger partial charge in [0.1, 0.15) is 11.4 Å². The molecule has 1 aromatic heterocycles. The second-order valence-corrected chi connectivity index (χ2v) is 6.65. The number of benzene rings is 1. The number of urea groups is 1. The van der Waals surface area contributed by atoms with E-state index in [4.69, 9.17) is 11.6 Å². The number of hydrogen-bond acceptors (Lipinski definition) is 6. The Kier molecular flexibility index (Phi) is 5.21. The Morgan fingerprint density at radius 3 is 2.34 bits per heavy atom. The lowest BCUT2D eigenvalue weighted by atomic mass is 10.0. The SMILES string of the molecule is CN1C(=O)C(C(=O)Nc2ccc(-c3ncc(Cl)cc3F)cc2O)C(=O)N(C)C1=O.